The predicted molar refractivity (Wildman–Crippen MR) is 68.7 cm³/mol. The van der Waals surface area contributed by atoms with Crippen LogP contribution in [0.4, 0.5) is 0 Å². The molecule has 0 saturated carbocycles. The second-order valence-electron chi connectivity index (χ2n) is 3.14. The van der Waals surface area contributed by atoms with Crippen molar-refractivity contribution in [3.05, 3.63) is 46.1 Å². The summed E-state index contributed by atoms with van der Waals surface area (Å²) < 4.78 is 1.24. The second-order valence-corrected chi connectivity index (χ2v) is 4.38. The number of nitrogens with two attached hydrogens (primary N) is 1. The molecule has 3 heteroatoms. The lowest BCUT2D eigenvalue weighted by atomic mass is 10.0. The Labute approximate surface area is 98.7 Å². The van der Waals surface area contributed by atoms with E-state index in [-0.39, 0.29) is 6.04 Å². The van der Waals surface area contributed by atoms with Gasteiger partial charge >= 0.3 is 0 Å². The normalized spacial score (nSPS) is 12.4. The molecule has 1 aromatic rings. The summed E-state index contributed by atoms with van der Waals surface area (Å²) in [5.41, 5.74) is 4.05. The molecule has 1 rings (SSSR count). The Balaban J connectivity index is 2.68. The molecule has 3 N–H and O–H groups in total. The number of allylic oxidation sites excluding steroid dienone is 1. The van der Waals surface area contributed by atoms with Crippen LogP contribution in [-0.4, -0.2) is 0 Å². The van der Waals surface area contributed by atoms with E-state index >= 15 is 0 Å². The lowest BCUT2D eigenvalue weighted by molar-refractivity contribution is 0.521. The van der Waals surface area contributed by atoms with Crippen molar-refractivity contribution in [1.29, 1.82) is 0 Å². The van der Waals surface area contributed by atoms with Gasteiger partial charge in [-0.05, 0) is 53.1 Å². The first-order valence-electron chi connectivity index (χ1n) is 4.60. The molecule has 0 saturated heterocycles. The summed E-state index contributed by atoms with van der Waals surface area (Å²) in [5, 5.41) is 0. The summed E-state index contributed by atoms with van der Waals surface area (Å²) in [6.07, 6.45) is 3.87. The van der Waals surface area contributed by atoms with Gasteiger partial charge in [-0.1, -0.05) is 18.2 Å². The molecule has 1 aromatic carbocycles. The largest absolute Gasteiger partial charge is 0.271 e. The van der Waals surface area contributed by atoms with E-state index in [1.165, 1.54) is 9.13 Å². The molecule has 0 aliphatic rings. The van der Waals surface area contributed by atoms with Crippen LogP contribution in [0.15, 0.2) is 36.9 Å². The molecule has 0 fully saturated rings. The van der Waals surface area contributed by atoms with Gasteiger partial charge in [0, 0.05) is 9.61 Å². The third-order valence-electron chi connectivity index (χ3n) is 2.13. The average molecular weight is 302 g/mol. The summed E-state index contributed by atoms with van der Waals surface area (Å²) in [6, 6.07) is 8.62. The van der Waals surface area contributed by atoms with Gasteiger partial charge in [0.05, 0.1) is 0 Å². The van der Waals surface area contributed by atoms with Crippen LogP contribution in [0.5, 0.6) is 0 Å². The van der Waals surface area contributed by atoms with E-state index in [1.807, 2.05) is 6.08 Å². The SMILES string of the molecule is C=CCCC(NN)c1ccc(I)cc1. The van der Waals surface area contributed by atoms with Gasteiger partial charge in [-0.15, -0.1) is 6.58 Å². The van der Waals surface area contributed by atoms with E-state index in [0.29, 0.717) is 0 Å². The zero-order chi connectivity index (χ0) is 10.4. The highest BCUT2D eigenvalue weighted by atomic mass is 127. The smallest absolute Gasteiger partial charge is 0.0462 e. The molecule has 2 nitrogen and oxygen atoms in total. The van der Waals surface area contributed by atoms with Crippen LogP contribution >= 0.6 is 22.6 Å². The van der Waals surface area contributed by atoms with Gasteiger partial charge in [0.2, 0.25) is 0 Å². The predicted octanol–water partition coefficient (Wildman–Crippen LogP) is 2.76. The van der Waals surface area contributed by atoms with Crippen molar-refractivity contribution >= 4 is 22.6 Å². The highest BCUT2D eigenvalue weighted by molar-refractivity contribution is 14.1. The molecule has 14 heavy (non-hydrogen) atoms. The summed E-state index contributed by atoms with van der Waals surface area (Å²) in [6.45, 7) is 3.70. The van der Waals surface area contributed by atoms with Crippen molar-refractivity contribution in [1.82, 2.24) is 5.43 Å². The highest BCUT2D eigenvalue weighted by Gasteiger charge is 2.07. The van der Waals surface area contributed by atoms with Crippen molar-refractivity contribution in [2.24, 2.45) is 5.84 Å². The Hall–Kier alpha value is -0.390. The molecule has 0 aliphatic carbocycles. The number of nitrogens with one attached hydrogen (secondary N) is 1. The fourth-order valence-electron chi connectivity index (χ4n) is 1.33. The van der Waals surface area contributed by atoms with Gasteiger partial charge < -0.3 is 0 Å². The van der Waals surface area contributed by atoms with Crippen LogP contribution in [0.2, 0.25) is 0 Å². The monoisotopic (exact) mass is 302 g/mol. The van der Waals surface area contributed by atoms with E-state index in [9.17, 15) is 0 Å². The average Bonchev–Trinajstić information content (AvgIpc) is 2.21. The van der Waals surface area contributed by atoms with Gasteiger partial charge in [0.15, 0.2) is 0 Å². The van der Waals surface area contributed by atoms with E-state index in [4.69, 9.17) is 5.84 Å². The lowest BCUT2D eigenvalue weighted by Gasteiger charge is -2.15. The number of hydrogen-bond donors (Lipinski definition) is 2. The maximum Gasteiger partial charge on any atom is 0.0462 e. The molecule has 0 radical (unpaired) electrons. The summed E-state index contributed by atoms with van der Waals surface area (Å²) >= 11 is 2.29. The minimum atomic E-state index is 0.227. The maximum atomic E-state index is 5.50. The zero-order valence-electron chi connectivity index (χ0n) is 8.04. The zero-order valence-corrected chi connectivity index (χ0v) is 10.2. The van der Waals surface area contributed by atoms with Crippen molar-refractivity contribution in [3.63, 3.8) is 0 Å². The quantitative estimate of drug-likeness (QED) is 0.380. The molecule has 0 amide bonds. The molecular weight excluding hydrogens is 287 g/mol. The first-order chi connectivity index (χ1) is 6.77. The topological polar surface area (TPSA) is 38.0 Å². The standard InChI is InChI=1S/C11H15IN2/c1-2-3-4-11(14-13)9-5-7-10(12)8-6-9/h2,5-8,11,14H,1,3-4,13H2. The van der Waals surface area contributed by atoms with Crippen molar-refractivity contribution in [2.45, 2.75) is 18.9 Å². The number of hydrogen-bond acceptors (Lipinski definition) is 2. The summed E-state index contributed by atoms with van der Waals surface area (Å²) in [4.78, 5) is 0. The Kier molecular flexibility index (Phi) is 5.14. The van der Waals surface area contributed by atoms with Gasteiger partial charge in [-0.3, -0.25) is 11.3 Å². The first kappa shape index (κ1) is 11.7. The molecule has 1 atom stereocenters. The number of hydrazine groups is 1. The van der Waals surface area contributed by atoms with E-state index < -0.39 is 0 Å². The first-order valence-corrected chi connectivity index (χ1v) is 5.68. The highest BCUT2D eigenvalue weighted by Crippen LogP contribution is 2.18. The Bertz CT molecular complexity index is 282. The fraction of sp³-hybridized carbons (Fsp3) is 0.273. The van der Waals surface area contributed by atoms with Gasteiger partial charge in [0.25, 0.3) is 0 Å². The van der Waals surface area contributed by atoms with Gasteiger partial charge in [0.1, 0.15) is 0 Å². The van der Waals surface area contributed by atoms with Crippen LogP contribution in [0.1, 0.15) is 24.4 Å². The number of rotatable bonds is 5. The molecule has 0 heterocycles. The second kappa shape index (κ2) is 6.16. The van der Waals surface area contributed by atoms with Gasteiger partial charge in [-0.2, -0.15) is 0 Å². The molecule has 0 aliphatic heterocycles. The van der Waals surface area contributed by atoms with Crippen molar-refractivity contribution in [3.8, 4) is 0 Å². The van der Waals surface area contributed by atoms with Crippen molar-refractivity contribution in [2.75, 3.05) is 0 Å². The molecule has 0 bridgehead atoms. The Morgan fingerprint density at radius 1 is 1.43 bits per heavy atom. The van der Waals surface area contributed by atoms with E-state index in [2.05, 4.69) is 58.9 Å². The number of halogens is 1. The van der Waals surface area contributed by atoms with Crippen LogP contribution in [0.25, 0.3) is 0 Å². The summed E-state index contributed by atoms with van der Waals surface area (Å²) in [5.74, 6) is 5.50. The Morgan fingerprint density at radius 2 is 2.07 bits per heavy atom. The van der Waals surface area contributed by atoms with Crippen LogP contribution in [-0.2, 0) is 0 Å². The van der Waals surface area contributed by atoms with Crippen LogP contribution < -0.4 is 11.3 Å². The lowest BCUT2D eigenvalue weighted by Crippen LogP contribution is -2.27. The molecule has 0 aromatic heterocycles. The molecule has 1 unspecified atom stereocenters. The minimum Gasteiger partial charge on any atom is -0.271 e. The van der Waals surface area contributed by atoms with E-state index in [1.54, 1.807) is 0 Å². The van der Waals surface area contributed by atoms with Crippen LogP contribution in [0.3, 0.4) is 0 Å². The summed E-state index contributed by atoms with van der Waals surface area (Å²) in [7, 11) is 0. The van der Waals surface area contributed by atoms with Crippen LogP contribution in [0, 0.1) is 3.57 Å². The van der Waals surface area contributed by atoms with Crippen molar-refractivity contribution < 1.29 is 0 Å². The molecule has 76 valence electrons. The third-order valence-corrected chi connectivity index (χ3v) is 2.85. The van der Waals surface area contributed by atoms with Gasteiger partial charge in [-0.25, -0.2) is 0 Å². The third kappa shape index (κ3) is 3.40. The molecule has 0 spiro atoms. The fourth-order valence-corrected chi connectivity index (χ4v) is 1.69. The minimum absolute atomic E-state index is 0.227. The van der Waals surface area contributed by atoms with E-state index in [0.717, 1.165) is 12.8 Å². The molecular formula is C11H15IN2. The number of benzene rings is 1. The maximum absolute atomic E-state index is 5.50. The Morgan fingerprint density at radius 3 is 2.57 bits per heavy atom.